The molecule has 0 aliphatic heterocycles. The van der Waals surface area contributed by atoms with Crippen molar-refractivity contribution in [2.24, 2.45) is 5.41 Å². The Morgan fingerprint density at radius 1 is 1.18 bits per heavy atom. The standard InChI is InChI=1S/C14H25NO2/c1-17-13(16)14(9-6-10-14)11-15-12-7-4-2-3-5-8-12/h12,15H,2-11H2,1H3. The number of hydrogen-bond acceptors (Lipinski definition) is 3. The van der Waals surface area contributed by atoms with E-state index in [9.17, 15) is 4.79 Å². The molecule has 0 bridgehead atoms. The maximum atomic E-state index is 11.8. The molecular formula is C14H25NO2. The van der Waals surface area contributed by atoms with Crippen molar-refractivity contribution in [3.8, 4) is 0 Å². The van der Waals surface area contributed by atoms with Crippen LogP contribution in [0.15, 0.2) is 0 Å². The van der Waals surface area contributed by atoms with Crippen molar-refractivity contribution in [2.75, 3.05) is 13.7 Å². The molecule has 0 aromatic heterocycles. The van der Waals surface area contributed by atoms with Crippen LogP contribution in [0, 0.1) is 5.41 Å². The Balaban J connectivity index is 1.81. The first-order valence-corrected chi connectivity index (χ1v) is 7.09. The molecule has 0 saturated heterocycles. The van der Waals surface area contributed by atoms with Gasteiger partial charge in [-0.05, 0) is 25.7 Å². The topological polar surface area (TPSA) is 38.3 Å². The van der Waals surface area contributed by atoms with Gasteiger partial charge in [0.15, 0.2) is 0 Å². The molecule has 3 heteroatoms. The number of carbonyl (C=O) groups is 1. The Kier molecular flexibility index (Phi) is 4.43. The zero-order valence-corrected chi connectivity index (χ0v) is 11.0. The fraction of sp³-hybridized carbons (Fsp3) is 0.929. The summed E-state index contributed by atoms with van der Waals surface area (Å²) in [6.45, 7) is 0.824. The average Bonchev–Trinajstić information content (AvgIpc) is 2.55. The van der Waals surface area contributed by atoms with Crippen LogP contribution in [0.3, 0.4) is 0 Å². The molecule has 0 heterocycles. The van der Waals surface area contributed by atoms with Gasteiger partial charge in [0.25, 0.3) is 0 Å². The lowest BCUT2D eigenvalue weighted by Crippen LogP contribution is -2.49. The average molecular weight is 239 g/mol. The van der Waals surface area contributed by atoms with Crippen LogP contribution < -0.4 is 5.32 Å². The highest BCUT2D eigenvalue weighted by molar-refractivity contribution is 5.78. The quantitative estimate of drug-likeness (QED) is 0.605. The lowest BCUT2D eigenvalue weighted by Gasteiger charge is -2.40. The lowest BCUT2D eigenvalue weighted by atomic mass is 9.68. The van der Waals surface area contributed by atoms with Gasteiger partial charge in [0.1, 0.15) is 0 Å². The molecule has 0 spiro atoms. The zero-order valence-electron chi connectivity index (χ0n) is 11.0. The second-order valence-electron chi connectivity index (χ2n) is 5.69. The predicted octanol–water partition coefficient (Wildman–Crippen LogP) is 2.64. The summed E-state index contributed by atoms with van der Waals surface area (Å²) in [5, 5.41) is 3.62. The van der Waals surface area contributed by atoms with E-state index in [4.69, 9.17) is 4.74 Å². The van der Waals surface area contributed by atoms with Gasteiger partial charge in [0.05, 0.1) is 12.5 Å². The summed E-state index contributed by atoms with van der Waals surface area (Å²) in [4.78, 5) is 11.8. The van der Waals surface area contributed by atoms with Gasteiger partial charge >= 0.3 is 5.97 Å². The molecule has 17 heavy (non-hydrogen) atoms. The summed E-state index contributed by atoms with van der Waals surface area (Å²) in [6, 6.07) is 0.625. The zero-order chi connectivity index (χ0) is 12.1. The fourth-order valence-corrected chi connectivity index (χ4v) is 3.10. The SMILES string of the molecule is COC(=O)C1(CNC2CCCCCC2)CCC1. The monoisotopic (exact) mass is 239 g/mol. The molecule has 1 N–H and O–H groups in total. The van der Waals surface area contributed by atoms with E-state index in [1.807, 2.05) is 0 Å². The van der Waals surface area contributed by atoms with E-state index in [1.165, 1.54) is 52.1 Å². The van der Waals surface area contributed by atoms with Crippen molar-refractivity contribution in [2.45, 2.75) is 63.8 Å². The van der Waals surface area contributed by atoms with Crippen molar-refractivity contribution in [3.63, 3.8) is 0 Å². The number of carbonyl (C=O) groups excluding carboxylic acids is 1. The third-order valence-electron chi connectivity index (χ3n) is 4.51. The van der Waals surface area contributed by atoms with Gasteiger partial charge in [-0.2, -0.15) is 0 Å². The molecule has 0 unspecified atom stereocenters. The highest BCUT2D eigenvalue weighted by atomic mass is 16.5. The van der Waals surface area contributed by atoms with Gasteiger partial charge in [-0.1, -0.05) is 32.1 Å². The van der Waals surface area contributed by atoms with E-state index in [-0.39, 0.29) is 11.4 Å². The Bertz CT molecular complexity index is 253. The molecule has 0 amide bonds. The molecule has 0 aromatic carbocycles. The first-order chi connectivity index (χ1) is 8.27. The Morgan fingerprint density at radius 3 is 2.29 bits per heavy atom. The molecule has 98 valence electrons. The smallest absolute Gasteiger partial charge is 0.313 e. The summed E-state index contributed by atoms with van der Waals surface area (Å²) in [5.74, 6) is -0.00938. The van der Waals surface area contributed by atoms with Crippen molar-refractivity contribution < 1.29 is 9.53 Å². The van der Waals surface area contributed by atoms with E-state index < -0.39 is 0 Å². The van der Waals surface area contributed by atoms with Crippen LogP contribution in [0.5, 0.6) is 0 Å². The molecule has 2 rings (SSSR count). The van der Waals surface area contributed by atoms with Gasteiger partial charge in [0.2, 0.25) is 0 Å². The summed E-state index contributed by atoms with van der Waals surface area (Å²) < 4.78 is 4.94. The number of methoxy groups -OCH3 is 1. The third kappa shape index (κ3) is 3.01. The van der Waals surface area contributed by atoms with Crippen LogP contribution in [0.2, 0.25) is 0 Å². The lowest BCUT2D eigenvalue weighted by molar-refractivity contribution is -0.158. The normalized spacial score (nSPS) is 24.8. The number of nitrogens with one attached hydrogen (secondary N) is 1. The molecule has 2 aliphatic rings. The van der Waals surface area contributed by atoms with Gasteiger partial charge in [0, 0.05) is 12.6 Å². The summed E-state index contributed by atoms with van der Waals surface area (Å²) in [7, 11) is 1.51. The van der Waals surface area contributed by atoms with Crippen LogP contribution in [0.4, 0.5) is 0 Å². The number of ether oxygens (including phenoxy) is 1. The van der Waals surface area contributed by atoms with E-state index in [1.54, 1.807) is 0 Å². The third-order valence-corrected chi connectivity index (χ3v) is 4.51. The number of esters is 1. The van der Waals surface area contributed by atoms with Crippen molar-refractivity contribution in [1.82, 2.24) is 5.32 Å². The summed E-state index contributed by atoms with van der Waals surface area (Å²) >= 11 is 0. The Labute approximate surface area is 104 Å². The van der Waals surface area contributed by atoms with E-state index >= 15 is 0 Å². The van der Waals surface area contributed by atoms with Crippen LogP contribution >= 0.6 is 0 Å². The fourth-order valence-electron chi connectivity index (χ4n) is 3.10. The Morgan fingerprint density at radius 2 is 1.82 bits per heavy atom. The molecule has 3 nitrogen and oxygen atoms in total. The van der Waals surface area contributed by atoms with Gasteiger partial charge in [-0.3, -0.25) is 4.79 Å². The van der Waals surface area contributed by atoms with Crippen LogP contribution in [-0.4, -0.2) is 25.7 Å². The second-order valence-corrected chi connectivity index (χ2v) is 5.69. The van der Waals surface area contributed by atoms with Gasteiger partial charge in [-0.25, -0.2) is 0 Å². The number of rotatable bonds is 4. The second kappa shape index (κ2) is 5.85. The summed E-state index contributed by atoms with van der Waals surface area (Å²) in [5.41, 5.74) is -0.193. The molecule has 0 aromatic rings. The molecule has 2 fully saturated rings. The van der Waals surface area contributed by atoms with E-state index in [0.717, 1.165) is 19.4 Å². The Hall–Kier alpha value is -0.570. The summed E-state index contributed by atoms with van der Waals surface area (Å²) in [6.07, 6.45) is 11.1. The van der Waals surface area contributed by atoms with Crippen molar-refractivity contribution >= 4 is 5.97 Å². The van der Waals surface area contributed by atoms with Crippen LogP contribution in [0.25, 0.3) is 0 Å². The van der Waals surface area contributed by atoms with E-state index in [0.29, 0.717) is 6.04 Å². The first-order valence-electron chi connectivity index (χ1n) is 7.09. The number of hydrogen-bond donors (Lipinski definition) is 1. The highest BCUT2D eigenvalue weighted by Gasteiger charge is 2.45. The van der Waals surface area contributed by atoms with Gasteiger partial charge in [-0.15, -0.1) is 0 Å². The minimum Gasteiger partial charge on any atom is -0.469 e. The first kappa shape index (κ1) is 12.9. The molecular weight excluding hydrogens is 214 g/mol. The van der Waals surface area contributed by atoms with Crippen molar-refractivity contribution in [1.29, 1.82) is 0 Å². The minimum atomic E-state index is -0.193. The maximum absolute atomic E-state index is 11.8. The molecule has 2 aliphatic carbocycles. The van der Waals surface area contributed by atoms with E-state index in [2.05, 4.69) is 5.32 Å². The minimum absolute atomic E-state index is 0.00938. The molecule has 0 radical (unpaired) electrons. The highest BCUT2D eigenvalue weighted by Crippen LogP contribution is 2.41. The van der Waals surface area contributed by atoms with Crippen LogP contribution in [0.1, 0.15) is 57.8 Å². The van der Waals surface area contributed by atoms with Gasteiger partial charge < -0.3 is 10.1 Å². The predicted molar refractivity (Wildman–Crippen MR) is 67.8 cm³/mol. The maximum Gasteiger partial charge on any atom is 0.313 e. The molecule has 0 atom stereocenters. The van der Waals surface area contributed by atoms with Crippen LogP contribution in [-0.2, 0) is 9.53 Å². The van der Waals surface area contributed by atoms with Crippen molar-refractivity contribution in [3.05, 3.63) is 0 Å². The molecule has 2 saturated carbocycles. The largest absolute Gasteiger partial charge is 0.469 e.